The number of ether oxygens (including phenoxy) is 3. The normalized spacial score (nSPS) is 9.69. The van der Waals surface area contributed by atoms with Crippen LogP contribution in [0, 0.1) is 0 Å². The molecule has 0 saturated heterocycles. The summed E-state index contributed by atoms with van der Waals surface area (Å²) >= 11 is 0. The quantitative estimate of drug-likeness (QED) is 0.558. The molecule has 0 spiro atoms. The topological polar surface area (TPSA) is 169 Å². The van der Waals surface area contributed by atoms with Gasteiger partial charge in [-0.1, -0.05) is 0 Å². The second kappa shape index (κ2) is 9.89. The fraction of sp³-hybridized carbons (Fsp3) is 0.312. The lowest BCUT2D eigenvalue weighted by molar-refractivity contribution is -0.135. The Bertz CT molecular complexity index is 729. The average Bonchev–Trinajstić information content (AvgIpc) is 2.63. The maximum atomic E-state index is 9.24. The molecule has 0 aliphatic heterocycles. The van der Waals surface area contributed by atoms with Crippen LogP contribution < -0.4 is 31.4 Å². The molecule has 142 valence electrons. The maximum Gasteiger partial charge on any atom is 0.317 e. The maximum absolute atomic E-state index is 9.24. The zero-order valence-corrected chi connectivity index (χ0v) is 14.9. The Morgan fingerprint density at radius 2 is 1.65 bits per heavy atom. The van der Waals surface area contributed by atoms with Crippen molar-refractivity contribution in [3.05, 3.63) is 29.5 Å². The minimum atomic E-state index is -0.968. The first-order chi connectivity index (χ1) is 12.4. The molecule has 0 radical (unpaired) electrons. The van der Waals surface area contributed by atoms with Gasteiger partial charge in [-0.05, 0) is 17.7 Å². The number of hydrogen-bond acceptors (Lipinski definition) is 9. The van der Waals surface area contributed by atoms with Crippen molar-refractivity contribution in [2.75, 3.05) is 39.3 Å². The summed E-state index contributed by atoms with van der Waals surface area (Å²) in [6.07, 6.45) is 2.14. The smallest absolute Gasteiger partial charge is 0.317 e. The molecule has 1 aromatic carbocycles. The van der Waals surface area contributed by atoms with Crippen LogP contribution in [0.4, 0.5) is 11.8 Å². The molecule has 0 saturated carbocycles. The van der Waals surface area contributed by atoms with Crippen LogP contribution in [0.2, 0.25) is 0 Å². The lowest BCUT2D eigenvalue weighted by Crippen LogP contribution is -2.10. The van der Waals surface area contributed by atoms with Crippen LogP contribution in [0.5, 0.6) is 17.2 Å². The van der Waals surface area contributed by atoms with Gasteiger partial charge < -0.3 is 36.5 Å². The standard InChI is InChI=1S/C14H18N4O3.C2H5NO2/c1-19-10-5-8(6-11(20-2)12(10)21-3)4-9-7-17-14(16)18-13(9)15;3-1-2(4)5/h5-7H,4H2,1-3H3,(H4,15,16,17,18);1,3H2,(H,4,5). The summed E-state index contributed by atoms with van der Waals surface area (Å²) in [5, 5.41) is 7.60. The lowest BCUT2D eigenvalue weighted by Gasteiger charge is -2.14. The number of aliphatic carboxylic acids is 1. The molecule has 0 aliphatic carbocycles. The number of hydrogen-bond donors (Lipinski definition) is 4. The average molecular weight is 365 g/mol. The summed E-state index contributed by atoms with van der Waals surface area (Å²) in [6, 6.07) is 3.72. The number of carboxylic acid groups (broad SMARTS) is 1. The van der Waals surface area contributed by atoms with Crippen LogP contribution in [0.25, 0.3) is 0 Å². The second-order valence-electron chi connectivity index (χ2n) is 4.95. The molecule has 2 aromatic rings. The number of anilines is 2. The predicted octanol–water partition coefficient (Wildman–Crippen LogP) is 0.287. The molecular formula is C16H23N5O5. The van der Waals surface area contributed by atoms with E-state index in [-0.39, 0.29) is 12.5 Å². The molecule has 0 aliphatic rings. The fourth-order valence-electron chi connectivity index (χ4n) is 2.03. The van der Waals surface area contributed by atoms with E-state index in [4.69, 9.17) is 30.8 Å². The Labute approximate surface area is 150 Å². The van der Waals surface area contributed by atoms with Gasteiger partial charge in [0.25, 0.3) is 0 Å². The lowest BCUT2D eigenvalue weighted by atomic mass is 10.1. The van der Waals surface area contributed by atoms with E-state index in [1.165, 1.54) is 0 Å². The second-order valence-corrected chi connectivity index (χ2v) is 4.95. The van der Waals surface area contributed by atoms with Crippen LogP contribution in [0.15, 0.2) is 18.3 Å². The summed E-state index contributed by atoms with van der Waals surface area (Å²) in [5.74, 6) is 1.26. The van der Waals surface area contributed by atoms with E-state index in [1.807, 2.05) is 12.1 Å². The minimum Gasteiger partial charge on any atom is -0.493 e. The van der Waals surface area contributed by atoms with Crippen molar-refractivity contribution in [2.24, 2.45) is 5.73 Å². The highest BCUT2D eigenvalue weighted by Gasteiger charge is 2.14. The third-order valence-corrected chi connectivity index (χ3v) is 3.21. The molecule has 0 unspecified atom stereocenters. The SMILES string of the molecule is COc1cc(Cc2cnc(N)nc2N)cc(OC)c1OC.NCC(=O)O. The molecule has 0 bridgehead atoms. The van der Waals surface area contributed by atoms with E-state index >= 15 is 0 Å². The first kappa shape index (κ1) is 20.8. The molecule has 10 heteroatoms. The Morgan fingerprint density at radius 1 is 1.12 bits per heavy atom. The van der Waals surface area contributed by atoms with Crippen LogP contribution >= 0.6 is 0 Å². The van der Waals surface area contributed by atoms with Crippen molar-refractivity contribution < 1.29 is 24.1 Å². The number of carboxylic acids is 1. The number of nitrogens with two attached hydrogens (primary N) is 3. The van der Waals surface area contributed by atoms with E-state index in [1.54, 1.807) is 27.5 Å². The van der Waals surface area contributed by atoms with E-state index in [2.05, 4.69) is 15.7 Å². The minimum absolute atomic E-state index is 0.154. The Hall–Kier alpha value is -3.27. The molecule has 26 heavy (non-hydrogen) atoms. The van der Waals surface area contributed by atoms with Gasteiger partial charge in [0.15, 0.2) is 11.5 Å². The number of nitrogens with zero attached hydrogens (tertiary/aromatic N) is 2. The molecule has 10 nitrogen and oxygen atoms in total. The van der Waals surface area contributed by atoms with Crippen molar-refractivity contribution in [2.45, 2.75) is 6.42 Å². The predicted molar refractivity (Wildman–Crippen MR) is 96.5 cm³/mol. The highest BCUT2D eigenvalue weighted by Crippen LogP contribution is 2.38. The van der Waals surface area contributed by atoms with E-state index in [0.717, 1.165) is 11.1 Å². The zero-order chi connectivity index (χ0) is 19.7. The molecule has 0 atom stereocenters. The molecule has 2 rings (SSSR count). The van der Waals surface area contributed by atoms with Crippen molar-refractivity contribution >= 4 is 17.7 Å². The Balaban J connectivity index is 0.000000597. The van der Waals surface area contributed by atoms with E-state index in [9.17, 15) is 4.79 Å². The van der Waals surface area contributed by atoms with Crippen LogP contribution in [0.1, 0.15) is 11.1 Å². The summed E-state index contributed by atoms with van der Waals surface area (Å²) in [5.41, 5.74) is 17.6. The van der Waals surface area contributed by atoms with Crippen LogP contribution in [-0.4, -0.2) is 48.9 Å². The van der Waals surface area contributed by atoms with Gasteiger partial charge in [0.1, 0.15) is 5.82 Å². The third kappa shape index (κ3) is 5.67. The van der Waals surface area contributed by atoms with E-state index < -0.39 is 5.97 Å². The van der Waals surface area contributed by atoms with E-state index in [0.29, 0.717) is 29.5 Å². The zero-order valence-electron chi connectivity index (χ0n) is 14.9. The summed E-state index contributed by atoms with van der Waals surface area (Å²) in [6.45, 7) is -0.278. The largest absolute Gasteiger partial charge is 0.493 e. The van der Waals surface area contributed by atoms with Gasteiger partial charge in [-0.25, -0.2) is 4.98 Å². The molecule has 7 N–H and O–H groups in total. The molecular weight excluding hydrogens is 342 g/mol. The molecule has 0 fully saturated rings. The number of benzene rings is 1. The third-order valence-electron chi connectivity index (χ3n) is 3.21. The number of nitrogen functional groups attached to an aromatic ring is 2. The summed E-state index contributed by atoms with van der Waals surface area (Å²) in [7, 11) is 4.70. The van der Waals surface area contributed by atoms with Gasteiger partial charge in [0.05, 0.1) is 27.9 Å². The number of carbonyl (C=O) groups is 1. The highest BCUT2D eigenvalue weighted by atomic mass is 16.5. The van der Waals surface area contributed by atoms with Crippen molar-refractivity contribution in [3.63, 3.8) is 0 Å². The summed E-state index contributed by atoms with van der Waals surface area (Å²) in [4.78, 5) is 17.1. The van der Waals surface area contributed by atoms with Crippen molar-refractivity contribution in [1.29, 1.82) is 0 Å². The van der Waals surface area contributed by atoms with Gasteiger partial charge in [0.2, 0.25) is 11.7 Å². The van der Waals surface area contributed by atoms with Gasteiger partial charge in [0, 0.05) is 18.2 Å². The number of methoxy groups -OCH3 is 3. The first-order valence-electron chi connectivity index (χ1n) is 7.43. The van der Waals surface area contributed by atoms with Gasteiger partial charge >= 0.3 is 5.97 Å². The van der Waals surface area contributed by atoms with Crippen LogP contribution in [0.3, 0.4) is 0 Å². The molecule has 1 aromatic heterocycles. The monoisotopic (exact) mass is 365 g/mol. The van der Waals surface area contributed by atoms with Gasteiger partial charge in [-0.3, -0.25) is 4.79 Å². The van der Waals surface area contributed by atoms with Gasteiger partial charge in [-0.2, -0.15) is 4.98 Å². The van der Waals surface area contributed by atoms with Gasteiger partial charge in [-0.15, -0.1) is 0 Å². The van der Waals surface area contributed by atoms with Crippen LogP contribution in [-0.2, 0) is 11.2 Å². The number of aromatic nitrogens is 2. The van der Waals surface area contributed by atoms with Crippen molar-refractivity contribution in [1.82, 2.24) is 9.97 Å². The molecule has 1 heterocycles. The Kier molecular flexibility index (Phi) is 7.90. The fourth-order valence-corrected chi connectivity index (χ4v) is 2.03. The molecule has 0 amide bonds. The summed E-state index contributed by atoms with van der Waals surface area (Å²) < 4.78 is 15.9. The number of rotatable bonds is 6. The Morgan fingerprint density at radius 3 is 2.04 bits per heavy atom. The highest BCUT2D eigenvalue weighted by molar-refractivity contribution is 5.68. The van der Waals surface area contributed by atoms with Crippen molar-refractivity contribution in [3.8, 4) is 17.2 Å². The first-order valence-corrected chi connectivity index (χ1v) is 7.43.